The van der Waals surface area contributed by atoms with Crippen LogP contribution in [0.1, 0.15) is 40.3 Å². The first kappa shape index (κ1) is 14.1. The highest BCUT2D eigenvalue weighted by atomic mass is 16.7. The Morgan fingerprint density at radius 3 is 2.25 bits per heavy atom. The number of hydrogen-bond acceptors (Lipinski definition) is 4. The molecule has 6 heteroatoms. The fourth-order valence-electron chi connectivity index (χ4n) is 2.37. The molecule has 0 N–H and O–H groups in total. The summed E-state index contributed by atoms with van der Waals surface area (Å²) in [4.78, 5) is 0. The Hall–Kier alpha value is -0.845. The van der Waals surface area contributed by atoms with Gasteiger partial charge in [-0.25, -0.2) is 0 Å². The first-order valence-corrected chi connectivity index (χ1v) is 7.15. The summed E-state index contributed by atoms with van der Waals surface area (Å²) in [6.45, 7) is 13.9. The van der Waals surface area contributed by atoms with Gasteiger partial charge in [-0.3, -0.25) is 4.68 Å². The third kappa shape index (κ3) is 2.30. The second-order valence-corrected chi connectivity index (χ2v) is 7.19. The molecular formula is C14H23BN2O3. The van der Waals surface area contributed by atoms with Gasteiger partial charge in [-0.15, -0.1) is 0 Å². The zero-order chi connectivity index (χ0) is 14.8. The van der Waals surface area contributed by atoms with E-state index in [0.29, 0.717) is 0 Å². The van der Waals surface area contributed by atoms with Gasteiger partial charge in [0.2, 0.25) is 0 Å². The molecule has 2 aliphatic rings. The molecule has 110 valence electrons. The van der Waals surface area contributed by atoms with Gasteiger partial charge in [0.15, 0.2) is 0 Å². The first-order chi connectivity index (χ1) is 9.12. The number of epoxide rings is 1. The van der Waals surface area contributed by atoms with E-state index >= 15 is 0 Å². The van der Waals surface area contributed by atoms with Gasteiger partial charge in [0.25, 0.3) is 0 Å². The van der Waals surface area contributed by atoms with E-state index in [2.05, 4.69) is 39.7 Å². The van der Waals surface area contributed by atoms with Gasteiger partial charge in [-0.1, -0.05) is 0 Å². The lowest BCUT2D eigenvalue weighted by Crippen LogP contribution is -2.41. The molecule has 0 aliphatic carbocycles. The van der Waals surface area contributed by atoms with Crippen LogP contribution in [0, 0.1) is 6.92 Å². The van der Waals surface area contributed by atoms with Crippen LogP contribution in [-0.2, 0) is 20.6 Å². The van der Waals surface area contributed by atoms with Crippen LogP contribution in [0.4, 0.5) is 0 Å². The molecule has 2 aliphatic heterocycles. The Morgan fingerprint density at radius 2 is 1.75 bits per heavy atom. The maximum atomic E-state index is 6.08. The molecular weight excluding hydrogens is 255 g/mol. The Morgan fingerprint density at radius 1 is 1.20 bits per heavy atom. The summed E-state index contributed by atoms with van der Waals surface area (Å²) in [5.41, 5.74) is 1.27. The third-order valence-electron chi connectivity index (χ3n) is 4.63. The molecule has 1 aromatic rings. The molecule has 2 fully saturated rings. The van der Waals surface area contributed by atoms with Crippen molar-refractivity contribution >= 4 is 12.6 Å². The number of aryl methyl sites for hydroxylation is 1. The molecule has 5 nitrogen and oxygen atoms in total. The molecule has 20 heavy (non-hydrogen) atoms. The van der Waals surface area contributed by atoms with Crippen LogP contribution >= 0.6 is 0 Å². The molecule has 0 spiro atoms. The van der Waals surface area contributed by atoms with Gasteiger partial charge in [-0.2, -0.15) is 5.10 Å². The number of nitrogens with zero attached hydrogens (tertiary/aromatic N) is 2. The summed E-state index contributed by atoms with van der Waals surface area (Å²) >= 11 is 0. The molecule has 3 heterocycles. The molecule has 0 amide bonds. The zero-order valence-corrected chi connectivity index (χ0v) is 13.2. The minimum Gasteiger partial charge on any atom is -0.399 e. The molecule has 1 unspecified atom stereocenters. The highest BCUT2D eigenvalue weighted by Crippen LogP contribution is 2.36. The zero-order valence-electron chi connectivity index (χ0n) is 13.2. The van der Waals surface area contributed by atoms with E-state index < -0.39 is 0 Å². The topological polar surface area (TPSA) is 48.8 Å². The highest BCUT2D eigenvalue weighted by Gasteiger charge is 2.52. The Balaban J connectivity index is 1.81. The van der Waals surface area contributed by atoms with Gasteiger partial charge in [0, 0.05) is 11.7 Å². The van der Waals surface area contributed by atoms with Gasteiger partial charge in [0.1, 0.15) is 5.60 Å². The van der Waals surface area contributed by atoms with Crippen molar-refractivity contribution in [2.75, 3.05) is 6.61 Å². The Kier molecular flexibility index (Phi) is 2.88. The normalized spacial score (nSPS) is 30.8. The van der Waals surface area contributed by atoms with Gasteiger partial charge >= 0.3 is 7.12 Å². The summed E-state index contributed by atoms with van der Waals surface area (Å²) in [7, 11) is -0.346. The van der Waals surface area contributed by atoms with Crippen molar-refractivity contribution in [2.24, 2.45) is 0 Å². The van der Waals surface area contributed by atoms with E-state index in [0.717, 1.165) is 24.3 Å². The predicted molar refractivity (Wildman–Crippen MR) is 77.0 cm³/mol. The van der Waals surface area contributed by atoms with Crippen LogP contribution in [0.3, 0.4) is 0 Å². The molecule has 0 bridgehead atoms. The average molecular weight is 278 g/mol. The quantitative estimate of drug-likeness (QED) is 0.617. The van der Waals surface area contributed by atoms with Crippen LogP contribution in [-0.4, -0.2) is 40.3 Å². The summed E-state index contributed by atoms with van der Waals surface area (Å²) in [5.74, 6) is 0. The van der Waals surface area contributed by atoms with Crippen LogP contribution < -0.4 is 5.46 Å². The van der Waals surface area contributed by atoms with Crippen molar-refractivity contribution in [3.8, 4) is 0 Å². The first-order valence-electron chi connectivity index (χ1n) is 7.15. The van der Waals surface area contributed by atoms with E-state index in [-0.39, 0.29) is 23.9 Å². The lowest BCUT2D eigenvalue weighted by atomic mass is 9.79. The van der Waals surface area contributed by atoms with Gasteiger partial charge in [0.05, 0.1) is 30.0 Å². The van der Waals surface area contributed by atoms with Crippen LogP contribution in [0.2, 0.25) is 0 Å². The van der Waals surface area contributed by atoms with E-state index in [1.165, 1.54) is 0 Å². The van der Waals surface area contributed by atoms with E-state index in [1.54, 1.807) is 0 Å². The van der Waals surface area contributed by atoms with E-state index in [4.69, 9.17) is 14.0 Å². The number of aromatic nitrogens is 2. The minimum atomic E-state index is -0.346. The fourth-order valence-corrected chi connectivity index (χ4v) is 2.37. The molecule has 1 atom stereocenters. The smallest absolute Gasteiger partial charge is 0.399 e. The molecule has 0 aromatic carbocycles. The maximum absolute atomic E-state index is 6.08. The predicted octanol–water partition coefficient (Wildman–Crippen LogP) is 1.28. The van der Waals surface area contributed by atoms with E-state index in [1.807, 2.05) is 17.8 Å². The van der Waals surface area contributed by atoms with Gasteiger partial charge < -0.3 is 14.0 Å². The monoisotopic (exact) mass is 278 g/mol. The number of hydrogen-bond donors (Lipinski definition) is 0. The summed E-state index contributed by atoms with van der Waals surface area (Å²) < 4.78 is 19.5. The second kappa shape index (κ2) is 4.09. The average Bonchev–Trinajstić information content (AvgIpc) is 2.81. The van der Waals surface area contributed by atoms with Crippen LogP contribution in [0.5, 0.6) is 0 Å². The summed E-state index contributed by atoms with van der Waals surface area (Å²) in [5, 5.41) is 4.55. The molecule has 0 saturated carbocycles. The molecule has 3 rings (SSSR count). The van der Waals surface area contributed by atoms with Crippen molar-refractivity contribution in [1.29, 1.82) is 0 Å². The van der Waals surface area contributed by atoms with E-state index in [9.17, 15) is 0 Å². The molecule has 2 saturated heterocycles. The van der Waals surface area contributed by atoms with Crippen molar-refractivity contribution < 1.29 is 14.0 Å². The highest BCUT2D eigenvalue weighted by molar-refractivity contribution is 6.62. The van der Waals surface area contributed by atoms with Crippen molar-refractivity contribution in [1.82, 2.24) is 9.78 Å². The summed E-state index contributed by atoms with van der Waals surface area (Å²) in [6.07, 6.45) is 2.02. The van der Waals surface area contributed by atoms with Crippen LogP contribution in [0.15, 0.2) is 6.20 Å². The molecule has 1 aromatic heterocycles. The largest absolute Gasteiger partial charge is 0.498 e. The lowest BCUT2D eigenvalue weighted by molar-refractivity contribution is 0.00578. The third-order valence-corrected chi connectivity index (χ3v) is 4.63. The maximum Gasteiger partial charge on any atom is 0.498 e. The van der Waals surface area contributed by atoms with Crippen LogP contribution in [0.25, 0.3) is 0 Å². The standard InChI is InChI=1S/C14H23BN2O3/c1-10-11(7-17(16-10)8-14(6)9-18-14)15-19-12(2,3)13(4,5)20-15/h7H,8-9H2,1-6H3. The van der Waals surface area contributed by atoms with Crippen molar-refractivity contribution in [3.05, 3.63) is 11.9 Å². The van der Waals surface area contributed by atoms with Crippen molar-refractivity contribution in [2.45, 2.75) is 64.9 Å². The minimum absolute atomic E-state index is 0.0499. The Bertz CT molecular complexity index is 519. The van der Waals surface area contributed by atoms with Crippen molar-refractivity contribution in [3.63, 3.8) is 0 Å². The fraction of sp³-hybridized carbons (Fsp3) is 0.786. The van der Waals surface area contributed by atoms with Gasteiger partial charge in [-0.05, 0) is 41.5 Å². The molecule has 0 radical (unpaired) electrons. The Labute approximate surface area is 120 Å². The second-order valence-electron chi connectivity index (χ2n) is 7.19. The lowest BCUT2D eigenvalue weighted by Gasteiger charge is -2.32. The number of ether oxygens (including phenoxy) is 1. The number of rotatable bonds is 3. The SMILES string of the molecule is Cc1nn(CC2(C)CO2)cc1B1OC(C)(C)C(C)(C)O1. The summed E-state index contributed by atoms with van der Waals surface area (Å²) in [6, 6.07) is 0.